The molecule has 3 aromatic rings. The van der Waals surface area contributed by atoms with Crippen molar-refractivity contribution in [3.05, 3.63) is 59.6 Å². The molecule has 5 nitrogen and oxygen atoms in total. The molecule has 0 spiro atoms. The highest BCUT2D eigenvalue weighted by Crippen LogP contribution is 2.29. The average Bonchev–Trinajstić information content (AvgIpc) is 2.99. The summed E-state index contributed by atoms with van der Waals surface area (Å²) >= 11 is 1.33. The molecule has 0 aliphatic rings. The van der Waals surface area contributed by atoms with E-state index in [1.807, 2.05) is 61.5 Å². The van der Waals surface area contributed by atoms with Crippen LogP contribution in [0.2, 0.25) is 0 Å². The number of anilines is 1. The van der Waals surface area contributed by atoms with Crippen LogP contribution in [0.5, 0.6) is 5.75 Å². The number of ether oxygens (including phenoxy) is 1. The monoisotopic (exact) mass is 325 g/mol. The van der Waals surface area contributed by atoms with Crippen LogP contribution in [-0.2, 0) is 4.79 Å². The first kappa shape index (κ1) is 15.2. The van der Waals surface area contributed by atoms with Crippen LogP contribution in [0.4, 0.5) is 5.13 Å². The van der Waals surface area contributed by atoms with Crippen LogP contribution in [-0.4, -0.2) is 22.7 Å². The van der Waals surface area contributed by atoms with E-state index in [1.54, 1.807) is 0 Å². The lowest BCUT2D eigenvalue weighted by atomic mass is 10.1. The summed E-state index contributed by atoms with van der Waals surface area (Å²) in [5, 5.41) is 11.7. The fraction of sp³-hybridized carbons (Fsp3) is 0.118. The van der Waals surface area contributed by atoms with Crippen molar-refractivity contribution < 1.29 is 9.53 Å². The zero-order chi connectivity index (χ0) is 16.1. The first-order chi connectivity index (χ1) is 11.2. The van der Waals surface area contributed by atoms with Crippen molar-refractivity contribution >= 4 is 22.4 Å². The Morgan fingerprint density at radius 1 is 1.09 bits per heavy atom. The van der Waals surface area contributed by atoms with E-state index in [2.05, 4.69) is 15.5 Å². The molecule has 1 N–H and O–H groups in total. The minimum absolute atomic E-state index is 0.0809. The van der Waals surface area contributed by atoms with E-state index < -0.39 is 0 Å². The van der Waals surface area contributed by atoms with Crippen molar-refractivity contribution in [3.63, 3.8) is 0 Å². The van der Waals surface area contributed by atoms with Gasteiger partial charge in [-0.25, -0.2) is 0 Å². The summed E-state index contributed by atoms with van der Waals surface area (Å²) < 4.78 is 5.68. The number of aryl methyl sites for hydroxylation is 1. The third-order valence-electron chi connectivity index (χ3n) is 3.10. The lowest BCUT2D eigenvalue weighted by Crippen LogP contribution is -2.20. The molecule has 23 heavy (non-hydrogen) atoms. The number of amides is 1. The van der Waals surface area contributed by atoms with Gasteiger partial charge in [-0.3, -0.25) is 10.1 Å². The standard InChI is InChI=1S/C17H15N3O2S/c1-12-19-20-17(23-12)18-16(21)11-22-15-10-6-5-9-14(15)13-7-3-2-4-8-13/h2-10H,11H2,1H3,(H,18,20,21). The summed E-state index contributed by atoms with van der Waals surface area (Å²) in [5.41, 5.74) is 2.00. The van der Waals surface area contributed by atoms with E-state index in [-0.39, 0.29) is 12.5 Å². The van der Waals surface area contributed by atoms with Crippen LogP contribution in [0.1, 0.15) is 5.01 Å². The van der Waals surface area contributed by atoms with Crippen molar-refractivity contribution in [1.82, 2.24) is 10.2 Å². The number of carbonyl (C=O) groups excluding carboxylic acids is 1. The third kappa shape index (κ3) is 3.92. The van der Waals surface area contributed by atoms with Crippen LogP contribution in [0, 0.1) is 6.92 Å². The van der Waals surface area contributed by atoms with E-state index in [0.29, 0.717) is 10.9 Å². The largest absolute Gasteiger partial charge is 0.483 e. The molecule has 0 atom stereocenters. The molecule has 2 aromatic carbocycles. The maximum atomic E-state index is 11.9. The molecular weight excluding hydrogens is 310 g/mol. The number of nitrogens with zero attached hydrogens (tertiary/aromatic N) is 2. The fourth-order valence-corrected chi connectivity index (χ4v) is 2.70. The van der Waals surface area contributed by atoms with Crippen molar-refractivity contribution in [3.8, 4) is 16.9 Å². The van der Waals surface area contributed by atoms with Gasteiger partial charge >= 0.3 is 0 Å². The van der Waals surface area contributed by atoms with E-state index >= 15 is 0 Å². The first-order valence-electron chi connectivity index (χ1n) is 7.09. The molecule has 1 aromatic heterocycles. The van der Waals surface area contributed by atoms with Crippen LogP contribution in [0.15, 0.2) is 54.6 Å². The summed E-state index contributed by atoms with van der Waals surface area (Å²) in [7, 11) is 0. The SMILES string of the molecule is Cc1nnc(NC(=O)COc2ccccc2-c2ccccc2)s1. The number of benzene rings is 2. The lowest BCUT2D eigenvalue weighted by Gasteiger charge is -2.11. The summed E-state index contributed by atoms with van der Waals surface area (Å²) in [6.45, 7) is 1.75. The van der Waals surface area contributed by atoms with Crippen molar-refractivity contribution in [2.75, 3.05) is 11.9 Å². The number of hydrogen-bond donors (Lipinski definition) is 1. The minimum Gasteiger partial charge on any atom is -0.483 e. The summed E-state index contributed by atoms with van der Waals surface area (Å²) in [6.07, 6.45) is 0. The maximum absolute atomic E-state index is 11.9. The molecule has 0 bridgehead atoms. The lowest BCUT2D eigenvalue weighted by molar-refractivity contribution is -0.118. The van der Waals surface area contributed by atoms with Gasteiger partial charge in [-0.05, 0) is 18.6 Å². The van der Waals surface area contributed by atoms with Crippen LogP contribution >= 0.6 is 11.3 Å². The zero-order valence-electron chi connectivity index (χ0n) is 12.5. The molecule has 0 saturated heterocycles. The van der Waals surface area contributed by atoms with Crippen LogP contribution < -0.4 is 10.1 Å². The Labute approximate surface area is 138 Å². The van der Waals surface area contributed by atoms with E-state index in [4.69, 9.17) is 4.74 Å². The zero-order valence-corrected chi connectivity index (χ0v) is 13.3. The highest BCUT2D eigenvalue weighted by atomic mass is 32.1. The molecule has 1 amide bonds. The molecular formula is C17H15N3O2S. The second-order valence-corrected chi connectivity index (χ2v) is 6.01. The predicted molar refractivity (Wildman–Crippen MR) is 90.6 cm³/mol. The highest BCUT2D eigenvalue weighted by Gasteiger charge is 2.10. The molecule has 0 aliphatic heterocycles. The van der Waals surface area contributed by atoms with Gasteiger partial charge in [-0.1, -0.05) is 59.9 Å². The smallest absolute Gasteiger partial charge is 0.264 e. The van der Waals surface area contributed by atoms with Gasteiger partial charge in [0.05, 0.1) is 0 Å². The number of carbonyl (C=O) groups is 1. The first-order valence-corrected chi connectivity index (χ1v) is 7.91. The quantitative estimate of drug-likeness (QED) is 0.779. The van der Waals surface area contributed by atoms with Crippen molar-refractivity contribution in [2.45, 2.75) is 6.92 Å². The molecule has 0 unspecified atom stereocenters. The molecule has 6 heteroatoms. The van der Waals surface area contributed by atoms with Gasteiger partial charge in [0.2, 0.25) is 5.13 Å². The Hall–Kier alpha value is -2.73. The summed E-state index contributed by atoms with van der Waals surface area (Å²) in [4.78, 5) is 11.9. The Morgan fingerprint density at radius 3 is 2.57 bits per heavy atom. The molecule has 116 valence electrons. The third-order valence-corrected chi connectivity index (χ3v) is 3.86. The van der Waals surface area contributed by atoms with Gasteiger partial charge in [-0.15, -0.1) is 10.2 Å². The van der Waals surface area contributed by atoms with E-state index in [0.717, 1.165) is 16.1 Å². The second-order valence-electron chi connectivity index (χ2n) is 4.83. The van der Waals surface area contributed by atoms with Gasteiger partial charge in [0, 0.05) is 5.56 Å². The highest BCUT2D eigenvalue weighted by molar-refractivity contribution is 7.15. The molecule has 0 aliphatic carbocycles. The number of para-hydroxylation sites is 1. The molecule has 0 saturated carbocycles. The molecule has 1 heterocycles. The Bertz CT molecular complexity index is 802. The number of rotatable bonds is 5. The number of hydrogen-bond acceptors (Lipinski definition) is 5. The van der Waals surface area contributed by atoms with Crippen molar-refractivity contribution in [2.24, 2.45) is 0 Å². The van der Waals surface area contributed by atoms with Gasteiger partial charge in [-0.2, -0.15) is 0 Å². The van der Waals surface area contributed by atoms with Gasteiger partial charge in [0.1, 0.15) is 10.8 Å². The number of nitrogens with one attached hydrogen (secondary N) is 1. The Morgan fingerprint density at radius 2 is 1.83 bits per heavy atom. The van der Waals surface area contributed by atoms with E-state index in [1.165, 1.54) is 11.3 Å². The second kappa shape index (κ2) is 7.02. The van der Waals surface area contributed by atoms with Gasteiger partial charge in [0.15, 0.2) is 6.61 Å². The maximum Gasteiger partial charge on any atom is 0.264 e. The topological polar surface area (TPSA) is 64.1 Å². The van der Waals surface area contributed by atoms with Crippen LogP contribution in [0.25, 0.3) is 11.1 Å². The fourth-order valence-electron chi connectivity index (χ4n) is 2.09. The molecule has 3 rings (SSSR count). The average molecular weight is 325 g/mol. The number of aromatic nitrogens is 2. The molecule has 0 fully saturated rings. The Balaban J connectivity index is 1.68. The molecule has 0 radical (unpaired) electrons. The predicted octanol–water partition coefficient (Wildman–Crippen LogP) is 3.53. The minimum atomic E-state index is -0.260. The van der Waals surface area contributed by atoms with E-state index in [9.17, 15) is 4.79 Å². The Kier molecular flexibility index (Phi) is 4.63. The summed E-state index contributed by atoms with van der Waals surface area (Å²) in [5.74, 6) is 0.409. The van der Waals surface area contributed by atoms with Gasteiger partial charge in [0.25, 0.3) is 5.91 Å². The normalized spacial score (nSPS) is 10.3. The van der Waals surface area contributed by atoms with Crippen molar-refractivity contribution in [1.29, 1.82) is 0 Å². The summed E-state index contributed by atoms with van der Waals surface area (Å²) in [6, 6.07) is 17.6. The van der Waals surface area contributed by atoms with Gasteiger partial charge < -0.3 is 4.74 Å². The van der Waals surface area contributed by atoms with Crippen LogP contribution in [0.3, 0.4) is 0 Å².